The molecule has 2 aromatic carbocycles. The summed E-state index contributed by atoms with van der Waals surface area (Å²) in [5, 5.41) is 9.90. The quantitative estimate of drug-likeness (QED) is 0.166. The van der Waals surface area contributed by atoms with E-state index in [-0.39, 0.29) is 29.9 Å². The number of H-pyrrole nitrogens is 1. The molecule has 0 saturated carbocycles. The van der Waals surface area contributed by atoms with E-state index >= 15 is 0 Å². The van der Waals surface area contributed by atoms with Crippen LogP contribution in [0.5, 0.6) is 11.5 Å². The van der Waals surface area contributed by atoms with Gasteiger partial charge in [-0.1, -0.05) is 58.2 Å². The Bertz CT molecular complexity index is 1760. The Labute approximate surface area is 312 Å². The van der Waals surface area contributed by atoms with Crippen molar-refractivity contribution < 1.29 is 33.4 Å². The predicted octanol–water partition coefficient (Wildman–Crippen LogP) is 5.22. The summed E-state index contributed by atoms with van der Waals surface area (Å²) >= 11 is 0. The molecule has 0 unspecified atom stereocenters. The number of methoxy groups -OCH3 is 2. The van der Waals surface area contributed by atoms with Crippen LogP contribution >= 0.6 is 0 Å². The molecule has 0 aliphatic carbocycles. The van der Waals surface area contributed by atoms with E-state index in [0.717, 1.165) is 40.6 Å². The van der Waals surface area contributed by atoms with Gasteiger partial charge in [0, 0.05) is 48.3 Å². The number of fused-ring (bicyclic) bond motifs is 2. The van der Waals surface area contributed by atoms with E-state index in [4.69, 9.17) is 9.47 Å². The highest BCUT2D eigenvalue weighted by molar-refractivity contribution is 5.99. The molecule has 5 rings (SSSR count). The number of carbonyl (C=O) groups is 5. The first-order valence-electron chi connectivity index (χ1n) is 19.1. The van der Waals surface area contributed by atoms with Crippen LogP contribution in [0.4, 0.5) is 0 Å². The van der Waals surface area contributed by atoms with Crippen molar-refractivity contribution in [1.29, 1.82) is 0 Å². The molecule has 0 spiro atoms. The second-order valence-electron chi connectivity index (χ2n) is 14.4. The lowest BCUT2D eigenvalue weighted by molar-refractivity contribution is -0.147. The lowest BCUT2D eigenvalue weighted by Gasteiger charge is -2.39. The zero-order valence-corrected chi connectivity index (χ0v) is 31.7. The van der Waals surface area contributed by atoms with Crippen molar-refractivity contribution in [3.05, 3.63) is 48.0 Å². The van der Waals surface area contributed by atoms with E-state index in [0.29, 0.717) is 69.4 Å². The van der Waals surface area contributed by atoms with Gasteiger partial charge < -0.3 is 35.3 Å². The molecular formula is C41H55N5O7. The van der Waals surface area contributed by atoms with Gasteiger partial charge >= 0.3 is 0 Å². The minimum absolute atomic E-state index is 0.0873. The van der Waals surface area contributed by atoms with Crippen molar-refractivity contribution in [2.45, 2.75) is 116 Å². The zero-order valence-electron chi connectivity index (χ0n) is 31.7. The van der Waals surface area contributed by atoms with Crippen LogP contribution in [0.3, 0.4) is 0 Å². The normalized spacial score (nSPS) is 21.8. The molecule has 0 radical (unpaired) electrons. The number of rotatable bonds is 14. The van der Waals surface area contributed by atoms with Crippen LogP contribution in [0.25, 0.3) is 22.2 Å². The maximum absolute atomic E-state index is 14.5. The van der Waals surface area contributed by atoms with E-state index in [2.05, 4.69) is 20.9 Å². The third kappa shape index (κ3) is 9.39. The fourth-order valence-corrected chi connectivity index (χ4v) is 7.44. The number of benzene rings is 2. The van der Waals surface area contributed by atoms with E-state index in [1.54, 1.807) is 25.2 Å². The number of piperidine rings is 1. The summed E-state index contributed by atoms with van der Waals surface area (Å²) in [6.45, 7) is 6.12. The van der Waals surface area contributed by atoms with Gasteiger partial charge in [-0.2, -0.15) is 0 Å². The highest BCUT2D eigenvalue weighted by Gasteiger charge is 2.41. The van der Waals surface area contributed by atoms with Gasteiger partial charge in [-0.25, -0.2) is 0 Å². The van der Waals surface area contributed by atoms with Crippen molar-refractivity contribution in [1.82, 2.24) is 25.8 Å². The molecular weight excluding hydrogens is 674 g/mol. The molecule has 286 valence electrons. The lowest BCUT2D eigenvalue weighted by atomic mass is 9.92. The van der Waals surface area contributed by atoms with Crippen molar-refractivity contribution in [3.63, 3.8) is 0 Å². The van der Waals surface area contributed by atoms with Crippen LogP contribution < -0.4 is 25.4 Å². The Hall–Kier alpha value is -4.87. The molecule has 0 bridgehead atoms. The Morgan fingerprint density at radius 1 is 0.868 bits per heavy atom. The molecule has 12 heteroatoms. The number of carbonyl (C=O) groups excluding carboxylic acids is 5. The standard InChI is InChI=1S/C41H55N5O7/c1-6-25(3)36-41(51)46-20-14-13-19-35(46)40(50)43-33(18-10-8-9-15-27(47)7-2)38(48)44-34(39(49)45-36)24-31-30-16-11-12-17-32(30)42-37(31)26-21-28(52-4)23-29(22-26)53-5/h11-12,16-17,21-23,25,33-36,42H,6-10,13-15,18-20,24H2,1-5H3,(H,43,50)(H,44,48)(H,45,49)/t25-,33-,34-,35+,36-/m0/s1. The van der Waals surface area contributed by atoms with Crippen LogP contribution in [0.1, 0.15) is 90.5 Å². The third-order valence-electron chi connectivity index (χ3n) is 10.8. The Morgan fingerprint density at radius 2 is 1.57 bits per heavy atom. The highest BCUT2D eigenvalue weighted by atomic mass is 16.5. The smallest absolute Gasteiger partial charge is 0.246 e. The number of Topliss-reactive ketones (excluding diaryl/α,β-unsaturated/α-hetero) is 1. The van der Waals surface area contributed by atoms with Crippen LogP contribution in [0.15, 0.2) is 42.5 Å². The average Bonchev–Trinajstić information content (AvgIpc) is 3.55. The summed E-state index contributed by atoms with van der Waals surface area (Å²) in [6, 6.07) is 9.64. The average molecular weight is 730 g/mol. The fraction of sp³-hybridized carbons (Fsp3) is 0.537. The molecule has 4 N–H and O–H groups in total. The Morgan fingerprint density at radius 3 is 2.26 bits per heavy atom. The van der Waals surface area contributed by atoms with Crippen molar-refractivity contribution in [2.75, 3.05) is 20.8 Å². The summed E-state index contributed by atoms with van der Waals surface area (Å²) in [5.41, 5.74) is 3.12. The number of para-hydroxylation sites is 1. The van der Waals surface area contributed by atoms with Crippen molar-refractivity contribution >= 4 is 40.3 Å². The van der Waals surface area contributed by atoms with Crippen molar-refractivity contribution in [2.24, 2.45) is 5.92 Å². The number of unbranched alkanes of at least 4 members (excludes halogenated alkanes) is 2. The minimum Gasteiger partial charge on any atom is -0.497 e. The molecule has 1 aromatic heterocycles. The van der Waals surface area contributed by atoms with Crippen LogP contribution in [0.2, 0.25) is 0 Å². The number of amides is 4. The van der Waals surface area contributed by atoms with Gasteiger partial charge in [0.2, 0.25) is 23.6 Å². The molecule has 53 heavy (non-hydrogen) atoms. The maximum Gasteiger partial charge on any atom is 0.246 e. The van der Waals surface area contributed by atoms with E-state index < -0.39 is 36.0 Å². The molecule has 2 aliphatic rings. The SMILES string of the molecule is CCC(=O)CCCCC[C@@H]1NC(=O)[C@H]2CCCCN2C(=O)[C@H]([C@@H](C)CC)NC(=O)[C@H](Cc2c(-c3cc(OC)cc(OC)c3)[nH]c3ccccc23)NC1=O. The largest absolute Gasteiger partial charge is 0.497 e. The second-order valence-corrected chi connectivity index (χ2v) is 14.4. The Balaban J connectivity index is 1.55. The molecule has 12 nitrogen and oxygen atoms in total. The molecule has 4 amide bonds. The number of hydrogen-bond donors (Lipinski definition) is 4. The third-order valence-corrected chi connectivity index (χ3v) is 10.8. The number of nitrogens with one attached hydrogen (secondary N) is 4. The van der Waals surface area contributed by atoms with Gasteiger partial charge in [-0.3, -0.25) is 24.0 Å². The molecule has 2 saturated heterocycles. The van der Waals surface area contributed by atoms with Crippen LogP contribution in [-0.2, 0) is 30.4 Å². The van der Waals surface area contributed by atoms with Gasteiger partial charge in [0.25, 0.3) is 0 Å². The van der Waals surface area contributed by atoms with E-state index in [1.807, 2.05) is 57.2 Å². The van der Waals surface area contributed by atoms with E-state index in [9.17, 15) is 24.0 Å². The Kier molecular flexibility index (Phi) is 13.5. The zero-order chi connectivity index (χ0) is 38.1. The number of aromatic nitrogens is 1. The summed E-state index contributed by atoms with van der Waals surface area (Å²) in [4.78, 5) is 74.0. The first kappa shape index (κ1) is 39.3. The predicted molar refractivity (Wildman–Crippen MR) is 204 cm³/mol. The van der Waals surface area contributed by atoms with Gasteiger partial charge in [0.1, 0.15) is 41.4 Å². The van der Waals surface area contributed by atoms with Gasteiger partial charge in [0.05, 0.1) is 19.9 Å². The molecule has 2 fully saturated rings. The van der Waals surface area contributed by atoms with Crippen LogP contribution in [0, 0.1) is 5.92 Å². The second kappa shape index (κ2) is 18.3. The summed E-state index contributed by atoms with van der Waals surface area (Å²) in [5.74, 6) is -0.456. The number of hydrogen-bond acceptors (Lipinski definition) is 7. The first-order valence-corrected chi connectivity index (χ1v) is 19.1. The van der Waals surface area contributed by atoms with Gasteiger partial charge in [0.15, 0.2) is 0 Å². The van der Waals surface area contributed by atoms with Crippen molar-refractivity contribution in [3.8, 4) is 22.8 Å². The summed E-state index contributed by atoms with van der Waals surface area (Å²) < 4.78 is 11.1. The molecule has 3 heterocycles. The topological polar surface area (TPSA) is 159 Å². The van der Waals surface area contributed by atoms with Gasteiger partial charge in [-0.05, 0) is 61.8 Å². The summed E-state index contributed by atoms with van der Waals surface area (Å²) in [6.07, 6.45) is 6.00. The number of nitrogens with zero attached hydrogens (tertiary/aromatic N) is 1. The van der Waals surface area contributed by atoms with Gasteiger partial charge in [-0.15, -0.1) is 0 Å². The maximum atomic E-state index is 14.5. The minimum atomic E-state index is -1.09. The fourth-order valence-electron chi connectivity index (χ4n) is 7.44. The number of ketones is 1. The van der Waals surface area contributed by atoms with E-state index in [1.165, 1.54) is 0 Å². The number of aromatic amines is 1. The highest BCUT2D eigenvalue weighted by Crippen LogP contribution is 2.36. The summed E-state index contributed by atoms with van der Waals surface area (Å²) in [7, 11) is 3.16. The molecule has 3 aromatic rings. The number of ether oxygens (including phenoxy) is 2. The monoisotopic (exact) mass is 729 g/mol. The molecule has 2 aliphatic heterocycles. The first-order chi connectivity index (χ1) is 25.6. The lowest BCUT2D eigenvalue weighted by Crippen LogP contribution is -2.64. The van der Waals surface area contributed by atoms with Crippen LogP contribution in [-0.4, -0.2) is 84.2 Å². The molecule has 5 atom stereocenters.